The van der Waals surface area contributed by atoms with Crippen LogP contribution in [-0.2, 0) is 6.42 Å². The Labute approximate surface area is 84.4 Å². The van der Waals surface area contributed by atoms with Gasteiger partial charge < -0.3 is 5.32 Å². The van der Waals surface area contributed by atoms with Crippen molar-refractivity contribution in [2.24, 2.45) is 5.92 Å². The van der Waals surface area contributed by atoms with Crippen molar-refractivity contribution in [3.63, 3.8) is 0 Å². The molecule has 0 radical (unpaired) electrons. The fourth-order valence-electron chi connectivity index (χ4n) is 1.51. The van der Waals surface area contributed by atoms with E-state index >= 15 is 0 Å². The number of nitrogens with zero attached hydrogens (tertiary/aromatic N) is 1. The highest BCUT2D eigenvalue weighted by Crippen LogP contribution is 2.18. The summed E-state index contributed by atoms with van der Waals surface area (Å²) in [5.74, 6) is 0.727. The van der Waals surface area contributed by atoms with Gasteiger partial charge in [0.25, 0.3) is 0 Å². The van der Waals surface area contributed by atoms with Gasteiger partial charge in [0, 0.05) is 17.1 Å². The predicted octanol–water partition coefficient (Wildman–Crippen LogP) is 2.32. The van der Waals surface area contributed by atoms with Crippen LogP contribution < -0.4 is 5.32 Å². The molecule has 0 saturated carbocycles. The van der Waals surface area contributed by atoms with Gasteiger partial charge in [-0.1, -0.05) is 13.3 Å². The lowest BCUT2D eigenvalue weighted by Gasteiger charge is -2.21. The molecule has 1 rings (SSSR count). The zero-order chi connectivity index (χ0) is 9.68. The monoisotopic (exact) mass is 198 g/mol. The summed E-state index contributed by atoms with van der Waals surface area (Å²) in [4.78, 5) is 5.49. The van der Waals surface area contributed by atoms with Crippen LogP contribution in [0, 0.1) is 5.92 Å². The van der Waals surface area contributed by atoms with Gasteiger partial charge in [-0.2, -0.15) is 0 Å². The zero-order valence-electron chi connectivity index (χ0n) is 8.58. The molecule has 3 heteroatoms. The highest BCUT2D eigenvalue weighted by Gasteiger charge is 2.14. The quantitative estimate of drug-likeness (QED) is 0.785. The Hall–Kier alpha value is -0.410. The molecule has 2 nitrogen and oxygen atoms in total. The Balaban J connectivity index is 2.49. The number of thiazole rings is 1. The lowest BCUT2D eigenvalue weighted by molar-refractivity contribution is 0.383. The number of nitrogens with one attached hydrogen (secondary N) is 1. The average molecular weight is 198 g/mol. The summed E-state index contributed by atoms with van der Waals surface area (Å²) in [6.07, 6.45) is 4.36. The van der Waals surface area contributed by atoms with Crippen molar-refractivity contribution < 1.29 is 0 Å². The van der Waals surface area contributed by atoms with Crippen LogP contribution in [0.2, 0.25) is 0 Å². The van der Waals surface area contributed by atoms with Crippen LogP contribution >= 0.6 is 11.3 Å². The largest absolute Gasteiger partial charge is 0.317 e. The van der Waals surface area contributed by atoms with Crippen molar-refractivity contribution in [3.05, 3.63) is 16.6 Å². The van der Waals surface area contributed by atoms with E-state index in [0.29, 0.717) is 6.04 Å². The summed E-state index contributed by atoms with van der Waals surface area (Å²) in [5.41, 5.74) is 1.91. The highest BCUT2D eigenvalue weighted by atomic mass is 32.1. The maximum absolute atomic E-state index is 4.09. The van der Waals surface area contributed by atoms with Crippen LogP contribution in [0.1, 0.15) is 25.1 Å². The molecule has 2 atom stereocenters. The molecule has 0 aromatic carbocycles. The van der Waals surface area contributed by atoms with Crippen molar-refractivity contribution in [2.75, 3.05) is 7.05 Å². The first-order chi connectivity index (χ1) is 6.27. The molecule has 13 heavy (non-hydrogen) atoms. The predicted molar refractivity (Wildman–Crippen MR) is 58.1 cm³/mol. The molecule has 74 valence electrons. The van der Waals surface area contributed by atoms with Gasteiger partial charge in [0.15, 0.2) is 0 Å². The van der Waals surface area contributed by atoms with Gasteiger partial charge in [-0.3, -0.25) is 4.98 Å². The summed E-state index contributed by atoms with van der Waals surface area (Å²) < 4.78 is 0. The molecular formula is C10H18N2S. The molecule has 0 bridgehead atoms. The maximum Gasteiger partial charge on any atom is 0.0794 e. The number of aromatic nitrogens is 1. The van der Waals surface area contributed by atoms with Gasteiger partial charge in [0.1, 0.15) is 0 Å². The van der Waals surface area contributed by atoms with E-state index in [-0.39, 0.29) is 0 Å². The molecule has 2 unspecified atom stereocenters. The number of rotatable bonds is 5. The van der Waals surface area contributed by atoms with E-state index in [1.807, 2.05) is 18.8 Å². The molecule has 0 amide bonds. The van der Waals surface area contributed by atoms with E-state index < -0.39 is 0 Å². The van der Waals surface area contributed by atoms with Crippen LogP contribution in [0.25, 0.3) is 0 Å². The van der Waals surface area contributed by atoms with E-state index in [9.17, 15) is 0 Å². The topological polar surface area (TPSA) is 24.9 Å². The van der Waals surface area contributed by atoms with Crippen molar-refractivity contribution in [1.82, 2.24) is 10.3 Å². The fourth-order valence-corrected chi connectivity index (χ4v) is 2.20. The van der Waals surface area contributed by atoms with Gasteiger partial charge in [-0.15, -0.1) is 11.3 Å². The summed E-state index contributed by atoms with van der Waals surface area (Å²) in [7, 11) is 2.03. The minimum absolute atomic E-state index is 0.590. The minimum atomic E-state index is 0.590. The van der Waals surface area contributed by atoms with Crippen molar-refractivity contribution >= 4 is 11.3 Å². The van der Waals surface area contributed by atoms with Crippen molar-refractivity contribution in [3.8, 4) is 0 Å². The number of hydrogen-bond donors (Lipinski definition) is 1. The first kappa shape index (κ1) is 10.7. The third-order valence-electron chi connectivity index (χ3n) is 2.63. The van der Waals surface area contributed by atoms with Gasteiger partial charge >= 0.3 is 0 Å². The molecule has 1 heterocycles. The van der Waals surface area contributed by atoms with Gasteiger partial charge in [0.05, 0.1) is 5.51 Å². The van der Waals surface area contributed by atoms with Crippen molar-refractivity contribution in [1.29, 1.82) is 0 Å². The van der Waals surface area contributed by atoms with E-state index in [4.69, 9.17) is 0 Å². The van der Waals surface area contributed by atoms with Crippen LogP contribution in [-0.4, -0.2) is 18.1 Å². The van der Waals surface area contributed by atoms with Gasteiger partial charge in [-0.25, -0.2) is 0 Å². The fraction of sp³-hybridized carbons (Fsp3) is 0.700. The molecule has 1 aromatic rings. The van der Waals surface area contributed by atoms with Crippen molar-refractivity contribution in [2.45, 2.75) is 32.7 Å². The summed E-state index contributed by atoms with van der Waals surface area (Å²) in [6.45, 7) is 4.49. The Morgan fingerprint density at radius 2 is 2.38 bits per heavy atom. The second-order valence-electron chi connectivity index (χ2n) is 3.42. The summed E-state index contributed by atoms with van der Waals surface area (Å²) >= 11 is 1.76. The van der Waals surface area contributed by atoms with Gasteiger partial charge in [-0.05, 0) is 26.3 Å². The lowest BCUT2D eigenvalue weighted by Crippen LogP contribution is -2.31. The van der Waals surface area contributed by atoms with E-state index in [1.54, 1.807) is 11.3 Å². The second-order valence-corrected chi connectivity index (χ2v) is 4.39. The maximum atomic E-state index is 4.09. The molecule has 0 aliphatic rings. The van der Waals surface area contributed by atoms with Crippen LogP contribution in [0.3, 0.4) is 0 Å². The summed E-state index contributed by atoms with van der Waals surface area (Å²) in [5, 5.41) is 3.31. The lowest BCUT2D eigenvalue weighted by atomic mass is 9.94. The van der Waals surface area contributed by atoms with E-state index in [1.165, 1.54) is 11.3 Å². The zero-order valence-corrected chi connectivity index (χ0v) is 9.40. The second kappa shape index (κ2) is 5.35. The molecule has 0 aliphatic heterocycles. The standard InChI is InChI=1S/C10H18N2S/c1-4-9(8(2)11-3)5-10-6-12-7-13-10/h6-9,11H,4-5H2,1-3H3. The molecule has 1 aromatic heterocycles. The average Bonchev–Trinajstić information content (AvgIpc) is 2.65. The number of hydrogen-bond acceptors (Lipinski definition) is 3. The molecule has 0 saturated heterocycles. The molecule has 0 fully saturated rings. The molecule has 1 N–H and O–H groups in total. The van der Waals surface area contributed by atoms with E-state index in [0.717, 1.165) is 12.3 Å². The summed E-state index contributed by atoms with van der Waals surface area (Å²) in [6, 6.07) is 0.590. The third kappa shape index (κ3) is 3.08. The Morgan fingerprint density at radius 3 is 2.85 bits per heavy atom. The smallest absolute Gasteiger partial charge is 0.0794 e. The molecular weight excluding hydrogens is 180 g/mol. The van der Waals surface area contributed by atoms with Gasteiger partial charge in [0.2, 0.25) is 0 Å². The minimum Gasteiger partial charge on any atom is -0.317 e. The molecule has 0 aliphatic carbocycles. The Bertz CT molecular complexity index is 221. The Kier molecular flexibility index (Phi) is 4.39. The normalized spacial score (nSPS) is 15.6. The van der Waals surface area contributed by atoms with Crippen LogP contribution in [0.4, 0.5) is 0 Å². The first-order valence-corrected chi connectivity index (χ1v) is 5.70. The van der Waals surface area contributed by atoms with E-state index in [2.05, 4.69) is 24.1 Å². The molecule has 0 spiro atoms. The van der Waals surface area contributed by atoms with Crippen LogP contribution in [0.5, 0.6) is 0 Å². The SMILES string of the molecule is CCC(Cc1cncs1)C(C)NC. The third-order valence-corrected chi connectivity index (χ3v) is 3.44. The first-order valence-electron chi connectivity index (χ1n) is 4.82. The van der Waals surface area contributed by atoms with Crippen LogP contribution in [0.15, 0.2) is 11.7 Å². The highest BCUT2D eigenvalue weighted by molar-refractivity contribution is 7.09. The Morgan fingerprint density at radius 1 is 1.62 bits per heavy atom.